The van der Waals surface area contributed by atoms with Crippen LogP contribution >= 0.6 is 0 Å². The normalized spacial score (nSPS) is 24.5. The molecule has 0 radical (unpaired) electrons. The van der Waals surface area contributed by atoms with Crippen LogP contribution in [-0.4, -0.2) is 44.4 Å². The number of ether oxygens (including phenoxy) is 2. The lowest BCUT2D eigenvalue weighted by Gasteiger charge is -2.40. The Kier molecular flexibility index (Phi) is 5.87. The van der Waals surface area contributed by atoms with E-state index in [2.05, 4.69) is 41.8 Å². The SMILES string of the molecule is CC(NC1(CNC(=O)C2CCOC2)CCOCC1)c1ccccc1. The van der Waals surface area contributed by atoms with Gasteiger partial charge in [-0.15, -0.1) is 0 Å². The van der Waals surface area contributed by atoms with Gasteiger partial charge in [0.2, 0.25) is 5.91 Å². The van der Waals surface area contributed by atoms with E-state index in [1.807, 2.05) is 6.07 Å². The maximum Gasteiger partial charge on any atom is 0.225 e. The minimum atomic E-state index is -0.109. The minimum absolute atomic E-state index is 0.00781. The lowest BCUT2D eigenvalue weighted by Crippen LogP contribution is -2.57. The number of hydrogen-bond acceptors (Lipinski definition) is 4. The van der Waals surface area contributed by atoms with E-state index in [9.17, 15) is 4.79 Å². The van der Waals surface area contributed by atoms with Crippen LogP contribution in [-0.2, 0) is 14.3 Å². The van der Waals surface area contributed by atoms with Gasteiger partial charge in [0.15, 0.2) is 0 Å². The first kappa shape index (κ1) is 17.4. The zero-order valence-electron chi connectivity index (χ0n) is 14.4. The highest BCUT2D eigenvalue weighted by molar-refractivity contribution is 5.79. The largest absolute Gasteiger partial charge is 0.381 e. The van der Waals surface area contributed by atoms with Gasteiger partial charge >= 0.3 is 0 Å². The highest BCUT2D eigenvalue weighted by Crippen LogP contribution is 2.25. The summed E-state index contributed by atoms with van der Waals surface area (Å²) in [6.07, 6.45) is 2.65. The summed E-state index contributed by atoms with van der Waals surface area (Å²) in [7, 11) is 0. The van der Waals surface area contributed by atoms with E-state index in [1.165, 1.54) is 5.56 Å². The second kappa shape index (κ2) is 8.10. The number of benzene rings is 1. The fourth-order valence-electron chi connectivity index (χ4n) is 3.56. The van der Waals surface area contributed by atoms with Crippen molar-refractivity contribution in [2.24, 2.45) is 5.92 Å². The Hall–Kier alpha value is -1.43. The van der Waals surface area contributed by atoms with Crippen molar-refractivity contribution in [3.8, 4) is 0 Å². The Morgan fingerprint density at radius 2 is 1.96 bits per heavy atom. The van der Waals surface area contributed by atoms with E-state index in [0.717, 1.165) is 32.5 Å². The van der Waals surface area contributed by atoms with Gasteiger partial charge in [-0.2, -0.15) is 0 Å². The second-order valence-electron chi connectivity index (χ2n) is 6.95. The van der Waals surface area contributed by atoms with Crippen molar-refractivity contribution in [1.29, 1.82) is 0 Å². The summed E-state index contributed by atoms with van der Waals surface area (Å²) >= 11 is 0. The fraction of sp³-hybridized carbons (Fsp3) is 0.632. The molecule has 0 aliphatic carbocycles. The number of rotatable bonds is 6. The van der Waals surface area contributed by atoms with Crippen LogP contribution in [0.4, 0.5) is 0 Å². The smallest absolute Gasteiger partial charge is 0.225 e. The molecule has 24 heavy (non-hydrogen) atoms. The Labute approximate surface area is 144 Å². The Morgan fingerprint density at radius 1 is 1.21 bits per heavy atom. The second-order valence-corrected chi connectivity index (χ2v) is 6.95. The van der Waals surface area contributed by atoms with Crippen LogP contribution in [0, 0.1) is 5.92 Å². The predicted molar refractivity (Wildman–Crippen MR) is 92.7 cm³/mol. The van der Waals surface area contributed by atoms with Gasteiger partial charge in [0.1, 0.15) is 0 Å². The molecule has 0 aromatic heterocycles. The standard InChI is InChI=1S/C19H28N2O3/c1-15(16-5-3-2-4-6-16)21-19(8-11-23-12-9-19)14-20-18(22)17-7-10-24-13-17/h2-6,15,17,21H,7-14H2,1H3,(H,20,22). The monoisotopic (exact) mass is 332 g/mol. The summed E-state index contributed by atoms with van der Waals surface area (Å²) in [5, 5.41) is 6.92. The molecular formula is C19H28N2O3. The number of carbonyl (C=O) groups is 1. The van der Waals surface area contributed by atoms with Crippen LogP contribution in [0.15, 0.2) is 30.3 Å². The van der Waals surface area contributed by atoms with Crippen molar-refractivity contribution in [3.05, 3.63) is 35.9 Å². The van der Waals surface area contributed by atoms with Gasteiger partial charge in [-0.25, -0.2) is 0 Å². The molecule has 0 spiro atoms. The maximum atomic E-state index is 12.3. The number of carbonyl (C=O) groups excluding carboxylic acids is 1. The summed E-state index contributed by atoms with van der Waals surface area (Å²) in [4.78, 5) is 12.3. The molecule has 2 unspecified atom stereocenters. The van der Waals surface area contributed by atoms with E-state index < -0.39 is 0 Å². The molecule has 2 heterocycles. The summed E-state index contributed by atoms with van der Waals surface area (Å²) < 4.78 is 10.9. The first-order valence-electron chi connectivity index (χ1n) is 8.94. The van der Waals surface area contributed by atoms with Gasteiger partial charge in [-0.1, -0.05) is 30.3 Å². The van der Waals surface area contributed by atoms with Crippen molar-refractivity contribution in [2.45, 2.75) is 37.8 Å². The summed E-state index contributed by atoms with van der Waals surface area (Å²) in [5.74, 6) is 0.126. The third-order valence-corrected chi connectivity index (χ3v) is 5.17. The lowest BCUT2D eigenvalue weighted by molar-refractivity contribution is -0.125. The molecular weight excluding hydrogens is 304 g/mol. The predicted octanol–water partition coefficient (Wildman–Crippen LogP) is 2.04. The quantitative estimate of drug-likeness (QED) is 0.837. The molecule has 5 nitrogen and oxygen atoms in total. The molecule has 0 bridgehead atoms. The minimum Gasteiger partial charge on any atom is -0.381 e. The number of hydrogen-bond donors (Lipinski definition) is 2. The molecule has 2 N–H and O–H groups in total. The average Bonchev–Trinajstić information content (AvgIpc) is 3.16. The van der Waals surface area contributed by atoms with Crippen LogP contribution in [0.2, 0.25) is 0 Å². The zero-order chi connectivity index (χ0) is 16.8. The fourth-order valence-corrected chi connectivity index (χ4v) is 3.56. The van der Waals surface area contributed by atoms with Gasteiger partial charge < -0.3 is 20.1 Å². The highest BCUT2D eigenvalue weighted by Gasteiger charge is 2.35. The van der Waals surface area contributed by atoms with Crippen molar-refractivity contribution in [2.75, 3.05) is 33.0 Å². The molecule has 5 heteroatoms. The van der Waals surface area contributed by atoms with Gasteiger partial charge in [0.05, 0.1) is 12.5 Å². The average molecular weight is 332 g/mol. The molecule has 2 atom stereocenters. The third-order valence-electron chi connectivity index (χ3n) is 5.17. The lowest BCUT2D eigenvalue weighted by atomic mass is 9.88. The maximum absolute atomic E-state index is 12.3. The van der Waals surface area contributed by atoms with Crippen LogP contribution in [0.25, 0.3) is 0 Å². The molecule has 3 rings (SSSR count). The van der Waals surface area contributed by atoms with Crippen molar-refractivity contribution < 1.29 is 14.3 Å². The number of amides is 1. The Bertz CT molecular complexity index is 523. The molecule has 1 amide bonds. The summed E-state index contributed by atoms with van der Waals surface area (Å²) in [6.45, 7) is 5.53. The Balaban J connectivity index is 1.62. The van der Waals surface area contributed by atoms with E-state index in [0.29, 0.717) is 19.8 Å². The van der Waals surface area contributed by atoms with Gasteiger partial charge in [-0.3, -0.25) is 4.79 Å². The van der Waals surface area contributed by atoms with Crippen molar-refractivity contribution >= 4 is 5.91 Å². The Morgan fingerprint density at radius 3 is 2.62 bits per heavy atom. The molecule has 2 aliphatic heterocycles. The van der Waals surface area contributed by atoms with E-state index in [4.69, 9.17) is 9.47 Å². The van der Waals surface area contributed by atoms with Crippen LogP contribution in [0.1, 0.15) is 37.8 Å². The first-order chi connectivity index (χ1) is 11.7. The van der Waals surface area contributed by atoms with E-state index >= 15 is 0 Å². The molecule has 132 valence electrons. The topological polar surface area (TPSA) is 59.6 Å². The highest BCUT2D eigenvalue weighted by atomic mass is 16.5. The molecule has 0 saturated carbocycles. The molecule has 2 saturated heterocycles. The number of nitrogens with one attached hydrogen (secondary N) is 2. The van der Waals surface area contributed by atoms with Crippen molar-refractivity contribution in [1.82, 2.24) is 10.6 Å². The van der Waals surface area contributed by atoms with Crippen LogP contribution in [0.3, 0.4) is 0 Å². The van der Waals surface area contributed by atoms with Crippen molar-refractivity contribution in [3.63, 3.8) is 0 Å². The third kappa shape index (κ3) is 4.35. The summed E-state index contributed by atoms with van der Waals surface area (Å²) in [5.41, 5.74) is 1.15. The van der Waals surface area contributed by atoms with Gasteiger partial charge in [0, 0.05) is 37.9 Å². The van der Waals surface area contributed by atoms with E-state index in [-0.39, 0.29) is 23.4 Å². The van der Waals surface area contributed by atoms with Gasteiger partial charge in [-0.05, 0) is 31.7 Å². The molecule has 2 aliphatic rings. The molecule has 2 fully saturated rings. The van der Waals surface area contributed by atoms with Crippen LogP contribution in [0.5, 0.6) is 0 Å². The van der Waals surface area contributed by atoms with Gasteiger partial charge in [0.25, 0.3) is 0 Å². The molecule has 1 aromatic rings. The molecule has 1 aromatic carbocycles. The first-order valence-corrected chi connectivity index (χ1v) is 8.94. The zero-order valence-corrected chi connectivity index (χ0v) is 14.4. The summed E-state index contributed by atoms with van der Waals surface area (Å²) in [6, 6.07) is 10.7. The van der Waals surface area contributed by atoms with E-state index in [1.54, 1.807) is 0 Å². The van der Waals surface area contributed by atoms with Crippen LogP contribution < -0.4 is 10.6 Å².